The predicted molar refractivity (Wildman–Crippen MR) is 123 cm³/mol. The molecule has 3 aromatic carbocycles. The van der Waals surface area contributed by atoms with E-state index in [0.29, 0.717) is 23.6 Å². The number of anilines is 2. The number of imide groups is 1. The molecule has 5 nitrogen and oxygen atoms in total. The monoisotopic (exact) mass is 430 g/mol. The number of para-hydroxylation sites is 1. The second-order valence-electron chi connectivity index (χ2n) is 7.53. The first-order chi connectivity index (χ1) is 15.4. The van der Waals surface area contributed by atoms with E-state index >= 15 is 0 Å². The number of carbonyl (C=O) groups is 2. The van der Waals surface area contributed by atoms with Gasteiger partial charge >= 0.3 is 0 Å². The van der Waals surface area contributed by atoms with E-state index in [-0.39, 0.29) is 17.0 Å². The van der Waals surface area contributed by atoms with Gasteiger partial charge < -0.3 is 10.1 Å². The molecule has 0 radical (unpaired) electrons. The van der Waals surface area contributed by atoms with Crippen LogP contribution >= 0.6 is 0 Å². The highest BCUT2D eigenvalue weighted by atomic mass is 19.1. The summed E-state index contributed by atoms with van der Waals surface area (Å²) in [5.74, 6) is -1.19. The van der Waals surface area contributed by atoms with Crippen LogP contribution in [0, 0.1) is 19.7 Å². The Hall–Kier alpha value is -3.93. The number of benzene rings is 3. The highest BCUT2D eigenvalue weighted by Crippen LogP contribution is 2.35. The van der Waals surface area contributed by atoms with Gasteiger partial charge in [-0.1, -0.05) is 30.3 Å². The predicted octanol–water partition coefficient (Wildman–Crippen LogP) is 5.24. The zero-order chi connectivity index (χ0) is 22.8. The molecule has 0 aromatic heterocycles. The molecule has 32 heavy (non-hydrogen) atoms. The first-order valence-electron chi connectivity index (χ1n) is 10.4. The van der Waals surface area contributed by atoms with E-state index in [9.17, 15) is 14.0 Å². The number of ether oxygens (including phenoxy) is 1. The van der Waals surface area contributed by atoms with E-state index in [2.05, 4.69) is 5.32 Å². The van der Waals surface area contributed by atoms with Crippen molar-refractivity contribution in [3.63, 3.8) is 0 Å². The number of aryl methyl sites for hydroxylation is 2. The van der Waals surface area contributed by atoms with Crippen LogP contribution in [0.25, 0.3) is 5.57 Å². The lowest BCUT2D eigenvalue weighted by molar-refractivity contribution is -0.120. The fourth-order valence-corrected chi connectivity index (χ4v) is 3.61. The summed E-state index contributed by atoms with van der Waals surface area (Å²) < 4.78 is 20.0. The molecule has 1 aliphatic heterocycles. The second kappa shape index (κ2) is 8.67. The minimum Gasteiger partial charge on any atom is -0.494 e. The molecular weight excluding hydrogens is 407 g/mol. The summed E-state index contributed by atoms with van der Waals surface area (Å²) in [6.07, 6.45) is 0. The molecule has 0 bridgehead atoms. The molecule has 1 aliphatic rings. The largest absolute Gasteiger partial charge is 0.494 e. The maximum Gasteiger partial charge on any atom is 0.282 e. The van der Waals surface area contributed by atoms with Gasteiger partial charge in [-0.2, -0.15) is 0 Å². The van der Waals surface area contributed by atoms with Crippen molar-refractivity contribution in [1.82, 2.24) is 0 Å². The van der Waals surface area contributed by atoms with Crippen LogP contribution < -0.4 is 15.0 Å². The molecule has 0 saturated heterocycles. The Balaban J connectivity index is 1.81. The zero-order valence-corrected chi connectivity index (χ0v) is 18.1. The lowest BCUT2D eigenvalue weighted by Crippen LogP contribution is -2.33. The van der Waals surface area contributed by atoms with Gasteiger partial charge in [0.25, 0.3) is 11.8 Å². The number of amides is 2. The van der Waals surface area contributed by atoms with E-state index in [1.54, 1.807) is 30.3 Å². The number of carbonyl (C=O) groups excluding carboxylic acids is 2. The molecule has 2 amide bonds. The Labute approximate surface area is 186 Å². The molecule has 3 aromatic rings. The molecule has 0 saturated carbocycles. The molecule has 0 fully saturated rings. The molecule has 1 N–H and O–H groups in total. The van der Waals surface area contributed by atoms with Crippen molar-refractivity contribution in [3.05, 3.63) is 94.9 Å². The SMILES string of the molecule is CCOc1ccc(C2=C(Nc3ccc(C)c(C)c3)C(=O)N(c3ccccc3F)C2=O)cc1. The number of nitrogens with zero attached hydrogens (tertiary/aromatic N) is 1. The third-order valence-electron chi connectivity index (χ3n) is 5.41. The Morgan fingerprint density at radius 1 is 0.906 bits per heavy atom. The smallest absolute Gasteiger partial charge is 0.282 e. The van der Waals surface area contributed by atoms with Crippen molar-refractivity contribution >= 4 is 28.8 Å². The van der Waals surface area contributed by atoms with Gasteiger partial charge in [-0.15, -0.1) is 0 Å². The van der Waals surface area contributed by atoms with Gasteiger partial charge in [-0.3, -0.25) is 9.59 Å². The topological polar surface area (TPSA) is 58.6 Å². The molecule has 0 spiro atoms. The molecule has 1 heterocycles. The van der Waals surface area contributed by atoms with Crippen molar-refractivity contribution in [1.29, 1.82) is 0 Å². The van der Waals surface area contributed by atoms with Crippen molar-refractivity contribution in [2.75, 3.05) is 16.8 Å². The van der Waals surface area contributed by atoms with Crippen molar-refractivity contribution in [2.24, 2.45) is 0 Å². The Kier molecular flexibility index (Phi) is 5.77. The highest BCUT2D eigenvalue weighted by Gasteiger charge is 2.41. The van der Waals surface area contributed by atoms with Gasteiger partial charge in [-0.25, -0.2) is 9.29 Å². The fourth-order valence-electron chi connectivity index (χ4n) is 3.61. The van der Waals surface area contributed by atoms with Crippen LogP contribution in [0.15, 0.2) is 72.4 Å². The van der Waals surface area contributed by atoms with Gasteiger partial charge in [0.15, 0.2) is 0 Å². The van der Waals surface area contributed by atoms with Crippen molar-refractivity contribution in [3.8, 4) is 5.75 Å². The summed E-state index contributed by atoms with van der Waals surface area (Å²) in [4.78, 5) is 27.7. The summed E-state index contributed by atoms with van der Waals surface area (Å²) in [6, 6.07) is 18.3. The molecule has 162 valence electrons. The summed E-state index contributed by atoms with van der Waals surface area (Å²) in [5.41, 5.74) is 3.56. The average molecular weight is 430 g/mol. The van der Waals surface area contributed by atoms with E-state index in [1.165, 1.54) is 18.2 Å². The zero-order valence-electron chi connectivity index (χ0n) is 18.1. The summed E-state index contributed by atoms with van der Waals surface area (Å²) in [5, 5.41) is 3.11. The van der Waals surface area contributed by atoms with Gasteiger partial charge in [0.2, 0.25) is 0 Å². The summed E-state index contributed by atoms with van der Waals surface area (Å²) in [7, 11) is 0. The van der Waals surface area contributed by atoms with Crippen LogP contribution in [-0.2, 0) is 9.59 Å². The molecular formula is C26H23FN2O3. The van der Waals surface area contributed by atoms with E-state index in [1.807, 2.05) is 39.0 Å². The number of hydrogen-bond acceptors (Lipinski definition) is 4. The quantitative estimate of drug-likeness (QED) is 0.544. The lowest BCUT2D eigenvalue weighted by Gasteiger charge is -2.16. The average Bonchev–Trinajstić information content (AvgIpc) is 3.01. The maximum atomic E-state index is 14.5. The standard InChI is InChI=1S/C26H23FN2O3/c1-4-32-20-13-10-18(11-14-20)23-24(28-19-12-9-16(2)17(3)15-19)26(31)29(25(23)30)22-8-6-5-7-21(22)27/h5-15,28H,4H2,1-3H3. The Morgan fingerprint density at radius 3 is 2.28 bits per heavy atom. The number of hydrogen-bond donors (Lipinski definition) is 1. The van der Waals surface area contributed by atoms with Gasteiger partial charge in [0.05, 0.1) is 17.9 Å². The fraction of sp³-hybridized carbons (Fsp3) is 0.154. The molecule has 0 aliphatic carbocycles. The first-order valence-corrected chi connectivity index (χ1v) is 10.4. The van der Waals surface area contributed by atoms with Crippen molar-refractivity contribution < 1.29 is 18.7 Å². The number of rotatable bonds is 6. The van der Waals surface area contributed by atoms with Gasteiger partial charge in [0.1, 0.15) is 17.3 Å². The van der Waals surface area contributed by atoms with Gasteiger partial charge in [-0.05, 0) is 73.9 Å². The molecule has 0 unspecified atom stereocenters. The Bertz CT molecular complexity index is 1230. The van der Waals surface area contributed by atoms with Crippen molar-refractivity contribution in [2.45, 2.75) is 20.8 Å². The minimum atomic E-state index is -0.646. The number of halogens is 1. The summed E-state index contributed by atoms with van der Waals surface area (Å²) in [6.45, 7) is 6.36. The maximum absolute atomic E-state index is 14.5. The van der Waals surface area contributed by atoms with Crippen LogP contribution in [-0.4, -0.2) is 18.4 Å². The molecule has 0 atom stereocenters. The molecule has 6 heteroatoms. The summed E-state index contributed by atoms with van der Waals surface area (Å²) >= 11 is 0. The van der Waals surface area contributed by atoms with Crippen LogP contribution in [0.3, 0.4) is 0 Å². The first kappa shape index (κ1) is 21.3. The van der Waals surface area contributed by atoms with E-state index < -0.39 is 17.6 Å². The Morgan fingerprint density at radius 2 is 1.62 bits per heavy atom. The van der Waals surface area contributed by atoms with Crippen LogP contribution in [0.2, 0.25) is 0 Å². The van der Waals surface area contributed by atoms with E-state index in [4.69, 9.17) is 4.74 Å². The van der Waals surface area contributed by atoms with Gasteiger partial charge in [0, 0.05) is 5.69 Å². The highest BCUT2D eigenvalue weighted by molar-refractivity contribution is 6.46. The second-order valence-corrected chi connectivity index (χ2v) is 7.53. The molecule has 4 rings (SSSR count). The normalized spacial score (nSPS) is 13.7. The van der Waals surface area contributed by atoms with Crippen LogP contribution in [0.1, 0.15) is 23.6 Å². The number of nitrogens with one attached hydrogen (secondary N) is 1. The lowest BCUT2D eigenvalue weighted by atomic mass is 10.0. The van der Waals surface area contributed by atoms with Crippen LogP contribution in [0.4, 0.5) is 15.8 Å². The van der Waals surface area contributed by atoms with E-state index in [0.717, 1.165) is 16.0 Å². The van der Waals surface area contributed by atoms with Crippen LogP contribution in [0.5, 0.6) is 5.75 Å². The third kappa shape index (κ3) is 3.87. The minimum absolute atomic E-state index is 0.0807. The third-order valence-corrected chi connectivity index (χ3v) is 5.41.